The Balaban J connectivity index is 4.51. The van der Waals surface area contributed by atoms with Crippen LogP contribution in [0, 0.1) is 0 Å². The third-order valence-electron chi connectivity index (χ3n) is 2.27. The first-order valence-electron chi connectivity index (χ1n) is 5.68. The quantitative estimate of drug-likeness (QED) is 0.536. The highest BCUT2D eigenvalue weighted by Crippen LogP contribution is 2.13. The molecular formula is C11H18O7. The Morgan fingerprint density at radius 1 is 1.06 bits per heavy atom. The number of unbranched alkanes of at least 4 members (excludes halogenated alkanes) is 1. The summed E-state index contributed by atoms with van der Waals surface area (Å²) in [5.41, 5.74) is 0. The Hall–Kier alpha value is -1.63. The van der Waals surface area contributed by atoms with Crippen LogP contribution >= 0.6 is 0 Å². The van der Waals surface area contributed by atoms with Gasteiger partial charge in [-0.1, -0.05) is 19.8 Å². The Morgan fingerprint density at radius 3 is 2.00 bits per heavy atom. The third kappa shape index (κ3) is 7.61. The van der Waals surface area contributed by atoms with Crippen LogP contribution in [-0.4, -0.2) is 45.4 Å². The molecule has 2 unspecified atom stereocenters. The van der Waals surface area contributed by atoms with Crippen molar-refractivity contribution >= 4 is 17.9 Å². The Labute approximate surface area is 104 Å². The molecule has 7 nitrogen and oxygen atoms in total. The number of ether oxygens (including phenoxy) is 1. The summed E-state index contributed by atoms with van der Waals surface area (Å²) in [4.78, 5) is 31.9. The van der Waals surface area contributed by atoms with E-state index in [1.54, 1.807) is 0 Å². The summed E-state index contributed by atoms with van der Waals surface area (Å²) in [6, 6.07) is 0. The number of carbonyl (C=O) groups is 3. The summed E-state index contributed by atoms with van der Waals surface area (Å²) in [6.07, 6.45) is -1.40. The monoisotopic (exact) mass is 262 g/mol. The van der Waals surface area contributed by atoms with Gasteiger partial charge in [0.25, 0.3) is 0 Å². The average molecular weight is 262 g/mol. The van der Waals surface area contributed by atoms with Crippen molar-refractivity contribution in [1.82, 2.24) is 0 Å². The fourth-order valence-corrected chi connectivity index (χ4v) is 1.43. The van der Waals surface area contributed by atoms with Crippen LogP contribution in [0.15, 0.2) is 0 Å². The maximum Gasteiger partial charge on any atom is 0.333 e. The van der Waals surface area contributed by atoms with Crippen LogP contribution in [0.5, 0.6) is 0 Å². The van der Waals surface area contributed by atoms with E-state index in [0.717, 1.165) is 6.42 Å². The van der Waals surface area contributed by atoms with Gasteiger partial charge >= 0.3 is 17.9 Å². The van der Waals surface area contributed by atoms with Crippen LogP contribution in [0.4, 0.5) is 0 Å². The highest BCUT2D eigenvalue weighted by atomic mass is 16.5. The van der Waals surface area contributed by atoms with Crippen molar-refractivity contribution in [3.63, 3.8) is 0 Å². The Bertz CT molecular complexity index is 300. The molecule has 0 aromatic carbocycles. The van der Waals surface area contributed by atoms with Gasteiger partial charge in [0.15, 0.2) is 6.10 Å². The predicted molar refractivity (Wildman–Crippen MR) is 60.3 cm³/mol. The Kier molecular flexibility index (Phi) is 7.69. The van der Waals surface area contributed by atoms with Crippen molar-refractivity contribution in [3.05, 3.63) is 0 Å². The second kappa shape index (κ2) is 8.46. The van der Waals surface area contributed by atoms with Gasteiger partial charge in [-0.2, -0.15) is 0 Å². The van der Waals surface area contributed by atoms with Gasteiger partial charge in [0.1, 0.15) is 0 Å². The highest BCUT2D eigenvalue weighted by Gasteiger charge is 2.26. The first-order chi connectivity index (χ1) is 8.36. The number of aliphatic carboxylic acids is 3. The summed E-state index contributed by atoms with van der Waals surface area (Å²) >= 11 is 0. The van der Waals surface area contributed by atoms with Crippen molar-refractivity contribution in [2.24, 2.45) is 0 Å². The number of carboxylic acids is 3. The molecule has 0 fully saturated rings. The minimum absolute atomic E-state index is 0.330. The molecule has 0 radical (unpaired) electrons. The van der Waals surface area contributed by atoms with Crippen LogP contribution in [0.2, 0.25) is 0 Å². The van der Waals surface area contributed by atoms with Crippen molar-refractivity contribution in [2.45, 2.75) is 51.2 Å². The van der Waals surface area contributed by atoms with E-state index in [-0.39, 0.29) is 6.42 Å². The second-order valence-electron chi connectivity index (χ2n) is 3.92. The van der Waals surface area contributed by atoms with Gasteiger partial charge in [0, 0.05) is 0 Å². The smallest absolute Gasteiger partial charge is 0.333 e. The lowest BCUT2D eigenvalue weighted by molar-refractivity contribution is -0.163. The fourth-order valence-electron chi connectivity index (χ4n) is 1.43. The Morgan fingerprint density at radius 2 is 1.61 bits per heavy atom. The van der Waals surface area contributed by atoms with Crippen molar-refractivity contribution in [1.29, 1.82) is 0 Å². The van der Waals surface area contributed by atoms with Gasteiger partial charge < -0.3 is 20.1 Å². The van der Waals surface area contributed by atoms with E-state index in [1.165, 1.54) is 0 Å². The summed E-state index contributed by atoms with van der Waals surface area (Å²) in [5.74, 6) is -3.80. The van der Waals surface area contributed by atoms with E-state index in [0.29, 0.717) is 12.8 Å². The summed E-state index contributed by atoms with van der Waals surface area (Å²) in [6.45, 7) is 1.91. The van der Waals surface area contributed by atoms with Gasteiger partial charge in [0.05, 0.1) is 18.9 Å². The molecule has 2 atom stereocenters. The minimum Gasteiger partial charge on any atom is -0.481 e. The highest BCUT2D eigenvalue weighted by molar-refractivity contribution is 5.79. The fraction of sp³-hybridized carbons (Fsp3) is 0.727. The van der Waals surface area contributed by atoms with Crippen molar-refractivity contribution in [3.8, 4) is 0 Å². The molecule has 18 heavy (non-hydrogen) atoms. The molecule has 0 aliphatic rings. The van der Waals surface area contributed by atoms with E-state index in [4.69, 9.17) is 20.1 Å². The molecule has 0 aliphatic heterocycles. The molecule has 0 heterocycles. The van der Waals surface area contributed by atoms with Gasteiger partial charge in [-0.05, 0) is 6.42 Å². The average Bonchev–Trinajstić information content (AvgIpc) is 2.23. The minimum atomic E-state index is -1.51. The standard InChI is InChI=1S/C11H18O7/c1-2-3-4-7(5-9(12)13)18-8(11(16)17)6-10(14)15/h7-8H,2-6H2,1H3,(H,12,13)(H,14,15)(H,16,17). The van der Waals surface area contributed by atoms with Crippen molar-refractivity contribution in [2.75, 3.05) is 0 Å². The molecule has 0 aromatic heterocycles. The van der Waals surface area contributed by atoms with Gasteiger partial charge in [-0.3, -0.25) is 9.59 Å². The molecule has 0 saturated carbocycles. The lowest BCUT2D eigenvalue weighted by Crippen LogP contribution is -2.32. The molecule has 7 heteroatoms. The molecule has 0 rings (SSSR count). The summed E-state index contributed by atoms with van der Waals surface area (Å²) < 4.78 is 5.07. The van der Waals surface area contributed by atoms with Crippen LogP contribution in [-0.2, 0) is 19.1 Å². The largest absolute Gasteiger partial charge is 0.481 e. The van der Waals surface area contributed by atoms with Crippen LogP contribution in [0.3, 0.4) is 0 Å². The molecule has 0 saturated heterocycles. The molecular weight excluding hydrogens is 244 g/mol. The number of carboxylic acid groups (broad SMARTS) is 3. The SMILES string of the molecule is CCCCC(CC(=O)O)OC(CC(=O)O)C(=O)O. The number of hydrogen-bond acceptors (Lipinski definition) is 4. The van der Waals surface area contributed by atoms with Crippen molar-refractivity contribution < 1.29 is 34.4 Å². The molecule has 0 spiro atoms. The molecule has 0 aliphatic carbocycles. The van der Waals surface area contributed by atoms with E-state index >= 15 is 0 Å². The maximum absolute atomic E-state index is 10.8. The summed E-state index contributed by atoms with van der Waals surface area (Å²) in [7, 11) is 0. The molecule has 104 valence electrons. The second-order valence-corrected chi connectivity index (χ2v) is 3.92. The topological polar surface area (TPSA) is 121 Å². The molecule has 0 bridgehead atoms. The maximum atomic E-state index is 10.8. The lowest BCUT2D eigenvalue weighted by Gasteiger charge is -2.20. The van der Waals surface area contributed by atoms with Crippen LogP contribution in [0.1, 0.15) is 39.0 Å². The zero-order valence-corrected chi connectivity index (χ0v) is 10.2. The van der Waals surface area contributed by atoms with E-state index in [9.17, 15) is 14.4 Å². The zero-order valence-electron chi connectivity index (χ0n) is 10.2. The normalized spacial score (nSPS) is 13.8. The molecule has 3 N–H and O–H groups in total. The lowest BCUT2D eigenvalue weighted by atomic mass is 10.1. The molecule has 0 aromatic rings. The van der Waals surface area contributed by atoms with E-state index in [2.05, 4.69) is 0 Å². The van der Waals surface area contributed by atoms with Crippen LogP contribution < -0.4 is 0 Å². The third-order valence-corrected chi connectivity index (χ3v) is 2.27. The van der Waals surface area contributed by atoms with Crippen LogP contribution in [0.25, 0.3) is 0 Å². The number of rotatable bonds is 10. The predicted octanol–water partition coefficient (Wildman–Crippen LogP) is 0.964. The van der Waals surface area contributed by atoms with E-state index in [1.807, 2.05) is 6.92 Å². The van der Waals surface area contributed by atoms with Gasteiger partial charge in [0.2, 0.25) is 0 Å². The first kappa shape index (κ1) is 16.4. The zero-order chi connectivity index (χ0) is 14.1. The molecule has 0 amide bonds. The first-order valence-corrected chi connectivity index (χ1v) is 5.68. The number of hydrogen-bond donors (Lipinski definition) is 3. The summed E-state index contributed by atoms with van der Waals surface area (Å²) in [5, 5.41) is 26.0. The van der Waals surface area contributed by atoms with Gasteiger partial charge in [-0.25, -0.2) is 4.79 Å². The van der Waals surface area contributed by atoms with E-state index < -0.39 is 36.5 Å². The van der Waals surface area contributed by atoms with Gasteiger partial charge in [-0.15, -0.1) is 0 Å².